The van der Waals surface area contributed by atoms with Crippen LogP contribution in [0.4, 0.5) is 0 Å². The molecule has 17 heavy (non-hydrogen) atoms. The third-order valence-electron chi connectivity index (χ3n) is 3.08. The van der Waals surface area contributed by atoms with Crippen LogP contribution in [0, 0.1) is 5.92 Å². The molecule has 1 aliphatic heterocycles. The molecule has 0 bridgehead atoms. The Morgan fingerprint density at radius 3 is 2.82 bits per heavy atom. The quantitative estimate of drug-likeness (QED) is 0.877. The van der Waals surface area contributed by atoms with Gasteiger partial charge in [0, 0.05) is 13.1 Å². The first-order valence-corrected chi connectivity index (χ1v) is 7.23. The van der Waals surface area contributed by atoms with Gasteiger partial charge in [0.2, 0.25) is 10.0 Å². The van der Waals surface area contributed by atoms with Gasteiger partial charge in [-0.2, -0.15) is 4.31 Å². The number of hydrogen-bond donors (Lipinski definition) is 1. The van der Waals surface area contributed by atoms with Crippen molar-refractivity contribution in [3.05, 3.63) is 24.3 Å². The van der Waals surface area contributed by atoms with E-state index in [2.05, 4.69) is 6.92 Å². The third kappa shape index (κ3) is 2.61. The van der Waals surface area contributed by atoms with E-state index in [-0.39, 0.29) is 10.6 Å². The van der Waals surface area contributed by atoms with Gasteiger partial charge in [-0.05, 0) is 37.0 Å². The Labute approximate surface area is 102 Å². The Hall–Kier alpha value is -1.07. The van der Waals surface area contributed by atoms with Gasteiger partial charge in [0.1, 0.15) is 5.75 Å². The average molecular weight is 255 g/mol. The molecule has 1 heterocycles. The van der Waals surface area contributed by atoms with Gasteiger partial charge in [0.25, 0.3) is 0 Å². The Morgan fingerprint density at radius 2 is 2.18 bits per heavy atom. The minimum atomic E-state index is -3.44. The number of phenolic OH excluding ortho intramolecular Hbond substituents is 1. The van der Waals surface area contributed by atoms with Gasteiger partial charge >= 0.3 is 0 Å². The monoisotopic (exact) mass is 255 g/mol. The zero-order valence-corrected chi connectivity index (χ0v) is 10.7. The van der Waals surface area contributed by atoms with Crippen LogP contribution in [0.1, 0.15) is 19.8 Å². The summed E-state index contributed by atoms with van der Waals surface area (Å²) in [4.78, 5) is 0.173. The van der Waals surface area contributed by atoms with Crippen molar-refractivity contribution < 1.29 is 13.5 Å². The Balaban J connectivity index is 2.29. The van der Waals surface area contributed by atoms with Crippen molar-refractivity contribution >= 4 is 10.0 Å². The van der Waals surface area contributed by atoms with Gasteiger partial charge in [0.05, 0.1) is 4.90 Å². The van der Waals surface area contributed by atoms with Crippen molar-refractivity contribution in [2.75, 3.05) is 13.1 Å². The molecule has 1 aliphatic rings. The molecule has 1 atom stereocenters. The predicted octanol–water partition coefficient (Wildman–Crippen LogP) is 1.81. The first kappa shape index (κ1) is 12.4. The van der Waals surface area contributed by atoms with Gasteiger partial charge in [-0.3, -0.25) is 0 Å². The fraction of sp³-hybridized carbons (Fsp3) is 0.500. The second-order valence-electron chi connectivity index (χ2n) is 4.61. The molecule has 2 rings (SSSR count). The molecule has 1 aromatic rings. The van der Waals surface area contributed by atoms with E-state index >= 15 is 0 Å². The van der Waals surface area contributed by atoms with Crippen molar-refractivity contribution in [1.29, 1.82) is 0 Å². The van der Waals surface area contributed by atoms with Crippen LogP contribution in [0.5, 0.6) is 5.75 Å². The molecule has 5 heteroatoms. The first-order valence-electron chi connectivity index (χ1n) is 5.79. The van der Waals surface area contributed by atoms with Crippen LogP contribution in [0.3, 0.4) is 0 Å². The van der Waals surface area contributed by atoms with Gasteiger partial charge in [-0.15, -0.1) is 0 Å². The topological polar surface area (TPSA) is 57.6 Å². The molecule has 4 nitrogen and oxygen atoms in total. The number of hydrogen-bond acceptors (Lipinski definition) is 3. The third-order valence-corrected chi connectivity index (χ3v) is 4.94. The Bertz CT molecular complexity index is 498. The van der Waals surface area contributed by atoms with Gasteiger partial charge in [0.15, 0.2) is 0 Å². The molecule has 1 saturated heterocycles. The summed E-state index contributed by atoms with van der Waals surface area (Å²) in [6.45, 7) is 3.20. The van der Waals surface area contributed by atoms with Crippen molar-refractivity contribution in [3.8, 4) is 5.75 Å². The summed E-state index contributed by atoms with van der Waals surface area (Å²) in [7, 11) is -3.44. The van der Waals surface area contributed by atoms with E-state index in [1.165, 1.54) is 22.5 Å². The van der Waals surface area contributed by atoms with Crippen LogP contribution in [-0.4, -0.2) is 30.9 Å². The largest absolute Gasteiger partial charge is 0.508 e. The summed E-state index contributed by atoms with van der Waals surface area (Å²) < 4.78 is 26.1. The number of benzene rings is 1. The maximum Gasteiger partial charge on any atom is 0.243 e. The van der Waals surface area contributed by atoms with E-state index in [4.69, 9.17) is 0 Å². The van der Waals surface area contributed by atoms with Crippen molar-refractivity contribution in [2.45, 2.75) is 24.7 Å². The summed E-state index contributed by atoms with van der Waals surface area (Å²) >= 11 is 0. The van der Waals surface area contributed by atoms with Crippen molar-refractivity contribution in [2.24, 2.45) is 5.92 Å². The van der Waals surface area contributed by atoms with Gasteiger partial charge in [-0.1, -0.05) is 13.0 Å². The lowest BCUT2D eigenvalue weighted by molar-refractivity contribution is 0.281. The lowest BCUT2D eigenvalue weighted by atomic mass is 10.0. The fourth-order valence-corrected chi connectivity index (χ4v) is 3.80. The second-order valence-corrected chi connectivity index (χ2v) is 6.55. The average Bonchev–Trinajstić information content (AvgIpc) is 2.29. The number of rotatable bonds is 2. The molecule has 1 N–H and O–H groups in total. The molecule has 94 valence electrons. The number of aromatic hydroxyl groups is 1. The second kappa shape index (κ2) is 4.66. The highest BCUT2D eigenvalue weighted by atomic mass is 32.2. The first-order chi connectivity index (χ1) is 8.00. The molecule has 1 fully saturated rings. The van der Waals surface area contributed by atoms with Crippen LogP contribution >= 0.6 is 0 Å². The van der Waals surface area contributed by atoms with Crippen molar-refractivity contribution in [1.82, 2.24) is 4.31 Å². The lowest BCUT2D eigenvalue weighted by Gasteiger charge is -2.30. The van der Waals surface area contributed by atoms with E-state index in [1.54, 1.807) is 6.07 Å². The molecule has 0 aliphatic carbocycles. The van der Waals surface area contributed by atoms with Crippen LogP contribution in [0.2, 0.25) is 0 Å². The Morgan fingerprint density at radius 1 is 1.41 bits per heavy atom. The standard InChI is InChI=1S/C12H17NO3S/c1-10-4-3-7-13(9-10)17(15,16)12-6-2-5-11(14)8-12/h2,5-6,8,10,14H,3-4,7,9H2,1H3. The van der Waals surface area contributed by atoms with E-state index in [1.807, 2.05) is 0 Å². The summed E-state index contributed by atoms with van der Waals surface area (Å²) in [5.74, 6) is 0.381. The summed E-state index contributed by atoms with van der Waals surface area (Å²) in [6.07, 6.45) is 1.98. The minimum absolute atomic E-state index is 0.0175. The highest BCUT2D eigenvalue weighted by Crippen LogP contribution is 2.24. The molecule has 0 radical (unpaired) electrons. The number of piperidine rings is 1. The van der Waals surface area contributed by atoms with Crippen LogP contribution < -0.4 is 0 Å². The van der Waals surface area contributed by atoms with E-state index < -0.39 is 10.0 Å². The van der Waals surface area contributed by atoms with Crippen LogP contribution in [-0.2, 0) is 10.0 Å². The number of sulfonamides is 1. The molecule has 0 spiro atoms. The Kier molecular flexibility index (Phi) is 3.40. The maximum absolute atomic E-state index is 12.3. The molecule has 1 aromatic carbocycles. The maximum atomic E-state index is 12.3. The van der Waals surface area contributed by atoms with E-state index in [0.29, 0.717) is 19.0 Å². The zero-order valence-electron chi connectivity index (χ0n) is 9.83. The number of nitrogens with zero attached hydrogens (tertiary/aromatic N) is 1. The predicted molar refractivity (Wildman–Crippen MR) is 65.3 cm³/mol. The van der Waals surface area contributed by atoms with E-state index in [9.17, 15) is 13.5 Å². The smallest absolute Gasteiger partial charge is 0.243 e. The lowest BCUT2D eigenvalue weighted by Crippen LogP contribution is -2.39. The van der Waals surface area contributed by atoms with E-state index in [0.717, 1.165) is 12.8 Å². The summed E-state index contributed by atoms with van der Waals surface area (Å²) in [5.41, 5.74) is 0. The fourth-order valence-electron chi connectivity index (χ4n) is 2.16. The number of phenols is 1. The van der Waals surface area contributed by atoms with Crippen LogP contribution in [0.25, 0.3) is 0 Å². The van der Waals surface area contributed by atoms with Crippen molar-refractivity contribution in [3.63, 3.8) is 0 Å². The highest BCUT2D eigenvalue weighted by molar-refractivity contribution is 7.89. The summed E-state index contributed by atoms with van der Waals surface area (Å²) in [5, 5.41) is 9.34. The minimum Gasteiger partial charge on any atom is -0.508 e. The highest BCUT2D eigenvalue weighted by Gasteiger charge is 2.28. The SMILES string of the molecule is CC1CCCN(S(=O)(=O)c2cccc(O)c2)C1. The van der Waals surface area contributed by atoms with Gasteiger partial charge < -0.3 is 5.11 Å². The van der Waals surface area contributed by atoms with Gasteiger partial charge in [-0.25, -0.2) is 8.42 Å². The molecule has 0 amide bonds. The molecular weight excluding hydrogens is 238 g/mol. The normalized spacial score (nSPS) is 22.5. The molecule has 1 unspecified atom stereocenters. The molecule has 0 saturated carbocycles. The summed E-state index contributed by atoms with van der Waals surface area (Å²) in [6, 6.07) is 5.84. The van der Waals surface area contributed by atoms with Crippen LogP contribution in [0.15, 0.2) is 29.2 Å². The zero-order chi connectivity index (χ0) is 12.5. The molecular formula is C12H17NO3S. The molecule has 0 aromatic heterocycles.